The SMILES string of the molecule is COc1cc(NCCCCO)ccc1[N+](=O)[O-]. The smallest absolute Gasteiger partial charge is 0.311 e. The lowest BCUT2D eigenvalue weighted by atomic mass is 10.2. The molecule has 0 aliphatic carbocycles. The summed E-state index contributed by atoms with van der Waals surface area (Å²) in [6, 6.07) is 4.64. The monoisotopic (exact) mass is 240 g/mol. The number of rotatable bonds is 7. The zero-order valence-electron chi connectivity index (χ0n) is 9.68. The lowest BCUT2D eigenvalue weighted by Gasteiger charge is -2.07. The Morgan fingerprint density at radius 1 is 1.47 bits per heavy atom. The quantitative estimate of drug-likeness (QED) is 0.431. The van der Waals surface area contributed by atoms with Crippen LogP contribution < -0.4 is 10.1 Å². The maximum absolute atomic E-state index is 10.7. The van der Waals surface area contributed by atoms with Gasteiger partial charge in [-0.25, -0.2) is 0 Å². The van der Waals surface area contributed by atoms with Gasteiger partial charge in [0.1, 0.15) is 0 Å². The number of hydrogen-bond donors (Lipinski definition) is 2. The number of nitrogens with one attached hydrogen (secondary N) is 1. The van der Waals surface area contributed by atoms with Gasteiger partial charge in [0.05, 0.1) is 12.0 Å². The van der Waals surface area contributed by atoms with Crippen molar-refractivity contribution in [2.75, 3.05) is 25.6 Å². The van der Waals surface area contributed by atoms with Gasteiger partial charge in [0.2, 0.25) is 0 Å². The Morgan fingerprint density at radius 2 is 2.24 bits per heavy atom. The highest BCUT2D eigenvalue weighted by Gasteiger charge is 2.14. The minimum atomic E-state index is -0.478. The van der Waals surface area contributed by atoms with Crippen LogP contribution in [0.5, 0.6) is 5.75 Å². The molecule has 1 aromatic rings. The Kier molecular flexibility index (Phi) is 5.22. The summed E-state index contributed by atoms with van der Waals surface area (Å²) in [4.78, 5) is 10.2. The molecular formula is C11H16N2O4. The van der Waals surface area contributed by atoms with E-state index < -0.39 is 4.92 Å². The average molecular weight is 240 g/mol. The topological polar surface area (TPSA) is 84.6 Å². The van der Waals surface area contributed by atoms with Gasteiger partial charge in [0, 0.05) is 31.0 Å². The van der Waals surface area contributed by atoms with Crippen molar-refractivity contribution >= 4 is 11.4 Å². The fourth-order valence-corrected chi connectivity index (χ4v) is 1.41. The molecule has 0 fully saturated rings. The number of hydrogen-bond acceptors (Lipinski definition) is 5. The van der Waals surface area contributed by atoms with Crippen molar-refractivity contribution in [3.63, 3.8) is 0 Å². The highest BCUT2D eigenvalue weighted by atomic mass is 16.6. The van der Waals surface area contributed by atoms with Gasteiger partial charge in [-0.05, 0) is 18.9 Å². The molecule has 0 bridgehead atoms. The molecule has 0 aromatic heterocycles. The molecule has 0 saturated heterocycles. The Balaban J connectivity index is 2.66. The summed E-state index contributed by atoms with van der Waals surface area (Å²) in [6.07, 6.45) is 1.58. The largest absolute Gasteiger partial charge is 0.490 e. The number of aliphatic hydroxyl groups is 1. The van der Waals surface area contributed by atoms with Crippen molar-refractivity contribution in [3.05, 3.63) is 28.3 Å². The van der Waals surface area contributed by atoms with Gasteiger partial charge in [-0.15, -0.1) is 0 Å². The van der Waals surface area contributed by atoms with Crippen LogP contribution in [0.4, 0.5) is 11.4 Å². The second kappa shape index (κ2) is 6.70. The number of ether oxygens (including phenoxy) is 1. The van der Waals surface area contributed by atoms with Gasteiger partial charge in [-0.2, -0.15) is 0 Å². The van der Waals surface area contributed by atoms with Gasteiger partial charge in [0.15, 0.2) is 5.75 Å². The van der Waals surface area contributed by atoms with E-state index in [0.29, 0.717) is 6.54 Å². The fourth-order valence-electron chi connectivity index (χ4n) is 1.41. The van der Waals surface area contributed by atoms with Crippen LogP contribution in [0.25, 0.3) is 0 Å². The molecule has 0 unspecified atom stereocenters. The van der Waals surface area contributed by atoms with E-state index in [1.807, 2.05) is 0 Å². The summed E-state index contributed by atoms with van der Waals surface area (Å²) < 4.78 is 4.95. The number of aliphatic hydroxyl groups excluding tert-OH is 1. The maximum Gasteiger partial charge on any atom is 0.311 e. The predicted molar refractivity (Wildman–Crippen MR) is 64.5 cm³/mol. The molecule has 0 amide bonds. The molecule has 1 rings (SSSR count). The van der Waals surface area contributed by atoms with E-state index >= 15 is 0 Å². The number of anilines is 1. The minimum Gasteiger partial charge on any atom is -0.490 e. The summed E-state index contributed by atoms with van der Waals surface area (Å²) in [6.45, 7) is 0.882. The van der Waals surface area contributed by atoms with E-state index in [0.717, 1.165) is 18.5 Å². The number of benzene rings is 1. The van der Waals surface area contributed by atoms with Crippen LogP contribution in [-0.2, 0) is 0 Å². The van der Waals surface area contributed by atoms with Crippen LogP contribution in [0.1, 0.15) is 12.8 Å². The third-order valence-corrected chi connectivity index (χ3v) is 2.29. The third kappa shape index (κ3) is 3.92. The molecule has 2 N–H and O–H groups in total. The highest BCUT2D eigenvalue weighted by Crippen LogP contribution is 2.29. The van der Waals surface area contributed by atoms with E-state index in [1.165, 1.54) is 13.2 Å². The molecule has 0 aliphatic rings. The molecule has 6 nitrogen and oxygen atoms in total. The molecular weight excluding hydrogens is 224 g/mol. The summed E-state index contributed by atoms with van der Waals surface area (Å²) in [5, 5.41) is 22.4. The van der Waals surface area contributed by atoms with Gasteiger partial charge in [-0.1, -0.05) is 0 Å². The summed E-state index contributed by atoms with van der Waals surface area (Å²) in [5.41, 5.74) is 0.721. The Hall–Kier alpha value is -1.82. The molecule has 0 heterocycles. The van der Waals surface area contributed by atoms with Crippen LogP contribution in [0.2, 0.25) is 0 Å². The molecule has 6 heteroatoms. The first kappa shape index (κ1) is 13.2. The van der Waals surface area contributed by atoms with Gasteiger partial charge >= 0.3 is 5.69 Å². The Morgan fingerprint density at radius 3 is 2.82 bits per heavy atom. The van der Waals surface area contributed by atoms with E-state index in [2.05, 4.69) is 5.32 Å². The Labute approximate surface area is 99.4 Å². The number of methoxy groups -OCH3 is 1. The van der Waals surface area contributed by atoms with Gasteiger partial charge in [-0.3, -0.25) is 10.1 Å². The molecule has 1 aromatic carbocycles. The molecule has 94 valence electrons. The normalized spacial score (nSPS) is 10.0. The lowest BCUT2D eigenvalue weighted by Crippen LogP contribution is -2.03. The summed E-state index contributed by atoms with van der Waals surface area (Å²) in [5.74, 6) is 0.238. The maximum atomic E-state index is 10.7. The molecule has 17 heavy (non-hydrogen) atoms. The van der Waals surface area contributed by atoms with Crippen molar-refractivity contribution in [3.8, 4) is 5.75 Å². The van der Waals surface area contributed by atoms with Crippen molar-refractivity contribution < 1.29 is 14.8 Å². The highest BCUT2D eigenvalue weighted by molar-refractivity contribution is 5.57. The van der Waals surface area contributed by atoms with E-state index in [9.17, 15) is 10.1 Å². The van der Waals surface area contributed by atoms with Crippen LogP contribution in [0.3, 0.4) is 0 Å². The molecule has 0 aliphatic heterocycles. The first-order valence-corrected chi connectivity index (χ1v) is 5.36. The van der Waals surface area contributed by atoms with Crippen LogP contribution >= 0.6 is 0 Å². The van der Waals surface area contributed by atoms with Crippen LogP contribution in [0.15, 0.2) is 18.2 Å². The minimum absolute atomic E-state index is 0.0478. The van der Waals surface area contributed by atoms with Gasteiger partial charge < -0.3 is 15.2 Å². The average Bonchev–Trinajstić information content (AvgIpc) is 2.34. The van der Waals surface area contributed by atoms with E-state index in [4.69, 9.17) is 9.84 Å². The van der Waals surface area contributed by atoms with Crippen molar-refractivity contribution in [2.45, 2.75) is 12.8 Å². The first-order chi connectivity index (χ1) is 8.19. The molecule has 0 saturated carbocycles. The number of nitrogens with zero attached hydrogens (tertiary/aromatic N) is 1. The standard InChI is InChI=1S/C11H16N2O4/c1-17-11-8-9(12-6-2-3-7-14)4-5-10(11)13(15)16/h4-5,8,12,14H,2-3,6-7H2,1H3. The first-order valence-electron chi connectivity index (χ1n) is 5.36. The molecule has 0 atom stereocenters. The number of nitro groups is 1. The van der Waals surface area contributed by atoms with Crippen molar-refractivity contribution in [2.24, 2.45) is 0 Å². The zero-order valence-corrected chi connectivity index (χ0v) is 9.68. The second-order valence-corrected chi connectivity index (χ2v) is 3.50. The van der Waals surface area contributed by atoms with E-state index in [-0.39, 0.29) is 18.0 Å². The van der Waals surface area contributed by atoms with Crippen molar-refractivity contribution in [1.29, 1.82) is 0 Å². The van der Waals surface area contributed by atoms with Crippen molar-refractivity contribution in [1.82, 2.24) is 0 Å². The second-order valence-electron chi connectivity index (χ2n) is 3.50. The van der Waals surface area contributed by atoms with Crippen LogP contribution in [-0.4, -0.2) is 30.3 Å². The van der Waals surface area contributed by atoms with Gasteiger partial charge in [0.25, 0.3) is 0 Å². The molecule has 0 radical (unpaired) electrons. The molecule has 0 spiro atoms. The summed E-state index contributed by atoms with van der Waals surface area (Å²) >= 11 is 0. The number of nitro benzene ring substituents is 1. The third-order valence-electron chi connectivity index (χ3n) is 2.29. The van der Waals surface area contributed by atoms with E-state index in [1.54, 1.807) is 12.1 Å². The number of unbranched alkanes of at least 4 members (excludes halogenated alkanes) is 1. The summed E-state index contributed by atoms with van der Waals surface area (Å²) in [7, 11) is 1.40. The van der Waals surface area contributed by atoms with Crippen LogP contribution in [0, 0.1) is 10.1 Å². The Bertz CT molecular complexity index is 382. The fraction of sp³-hybridized carbons (Fsp3) is 0.455. The predicted octanol–water partition coefficient (Wildman–Crippen LogP) is 1.79. The zero-order chi connectivity index (χ0) is 12.7. The lowest BCUT2D eigenvalue weighted by molar-refractivity contribution is -0.385.